The highest BCUT2D eigenvalue weighted by atomic mass is 16.5. The molecule has 3 rings (SSSR count). The molecule has 4 heteroatoms. The van der Waals surface area contributed by atoms with E-state index in [1.807, 2.05) is 48.5 Å². The Bertz CT molecular complexity index is 625. The van der Waals surface area contributed by atoms with Gasteiger partial charge in [0, 0.05) is 25.0 Å². The summed E-state index contributed by atoms with van der Waals surface area (Å²) < 4.78 is 11.1. The van der Waals surface area contributed by atoms with Crippen LogP contribution in [0, 0.1) is 11.8 Å². The molecule has 0 aliphatic heterocycles. The second-order valence-corrected chi connectivity index (χ2v) is 6.23. The summed E-state index contributed by atoms with van der Waals surface area (Å²) in [5.41, 5.74) is 2.14. The van der Waals surface area contributed by atoms with Crippen LogP contribution in [0.15, 0.2) is 48.5 Å². The Kier molecular flexibility index (Phi) is 5.07. The van der Waals surface area contributed by atoms with Gasteiger partial charge in [0.2, 0.25) is 0 Å². The van der Waals surface area contributed by atoms with E-state index in [0.717, 1.165) is 22.6 Å². The van der Waals surface area contributed by atoms with Crippen LogP contribution in [0.25, 0.3) is 0 Å². The van der Waals surface area contributed by atoms with E-state index < -0.39 is 0 Å². The zero-order valence-corrected chi connectivity index (χ0v) is 14.1. The van der Waals surface area contributed by atoms with Crippen LogP contribution in [0.1, 0.15) is 23.0 Å². The number of hydrogen-bond donors (Lipinski definition) is 2. The molecule has 0 heterocycles. The molecule has 0 spiro atoms. The predicted octanol–water partition coefficient (Wildman–Crippen LogP) is 2.80. The third-order valence-corrected chi connectivity index (χ3v) is 5.28. The average molecular weight is 328 g/mol. The van der Waals surface area contributed by atoms with Gasteiger partial charge in [0.05, 0.1) is 14.2 Å². The number of benzene rings is 2. The van der Waals surface area contributed by atoms with Crippen molar-refractivity contribution < 1.29 is 19.7 Å². The standard InChI is InChI=1S/C20H24O4/c1-23-17-9-5-3-7-13(17)19-15(11-21)16(12-22)20(19)14-8-4-6-10-18(14)24-2/h3-10,15-16,19-22H,11-12H2,1-2H3/t15-,16-,19-,20-/m1/s1. The van der Waals surface area contributed by atoms with Crippen molar-refractivity contribution >= 4 is 0 Å². The maximum atomic E-state index is 9.89. The van der Waals surface area contributed by atoms with E-state index in [1.54, 1.807) is 14.2 Å². The molecule has 1 fully saturated rings. The van der Waals surface area contributed by atoms with E-state index in [9.17, 15) is 10.2 Å². The molecule has 2 N–H and O–H groups in total. The lowest BCUT2D eigenvalue weighted by Gasteiger charge is -2.52. The number of aliphatic hydroxyl groups is 2. The van der Waals surface area contributed by atoms with Crippen molar-refractivity contribution in [2.24, 2.45) is 11.8 Å². The molecule has 0 saturated heterocycles. The van der Waals surface area contributed by atoms with Gasteiger partial charge in [0.15, 0.2) is 0 Å². The predicted molar refractivity (Wildman–Crippen MR) is 92.6 cm³/mol. The maximum Gasteiger partial charge on any atom is 0.122 e. The van der Waals surface area contributed by atoms with Crippen molar-refractivity contribution in [3.05, 3.63) is 59.7 Å². The SMILES string of the molecule is COc1ccccc1[C@@H]1[C@H](CO)[C@@H](CO)[C@H]1c1ccccc1OC. The Morgan fingerprint density at radius 1 is 0.708 bits per heavy atom. The topological polar surface area (TPSA) is 58.9 Å². The molecule has 4 atom stereocenters. The van der Waals surface area contributed by atoms with Crippen molar-refractivity contribution in [2.45, 2.75) is 11.8 Å². The normalized spacial score (nSPS) is 25.8. The highest BCUT2D eigenvalue weighted by Crippen LogP contribution is 2.60. The molecule has 0 bridgehead atoms. The number of hydrogen-bond acceptors (Lipinski definition) is 4. The van der Waals surface area contributed by atoms with Gasteiger partial charge < -0.3 is 19.7 Å². The molecule has 0 unspecified atom stereocenters. The minimum Gasteiger partial charge on any atom is -0.496 e. The number of para-hydroxylation sites is 2. The molecule has 0 amide bonds. The summed E-state index contributed by atoms with van der Waals surface area (Å²) >= 11 is 0. The van der Waals surface area contributed by atoms with Crippen LogP contribution in [-0.4, -0.2) is 37.6 Å². The molecule has 24 heavy (non-hydrogen) atoms. The van der Waals surface area contributed by atoms with Crippen LogP contribution in [0.3, 0.4) is 0 Å². The summed E-state index contributed by atoms with van der Waals surface area (Å²) in [6.45, 7) is 0.0825. The number of methoxy groups -OCH3 is 2. The Morgan fingerprint density at radius 2 is 1.08 bits per heavy atom. The molecular weight excluding hydrogens is 304 g/mol. The van der Waals surface area contributed by atoms with Gasteiger partial charge in [-0.05, 0) is 35.1 Å². The lowest BCUT2D eigenvalue weighted by Crippen LogP contribution is -2.47. The van der Waals surface area contributed by atoms with Crippen molar-refractivity contribution in [1.82, 2.24) is 0 Å². The number of aliphatic hydroxyl groups excluding tert-OH is 2. The molecule has 4 nitrogen and oxygen atoms in total. The van der Waals surface area contributed by atoms with E-state index in [1.165, 1.54) is 0 Å². The lowest BCUT2D eigenvalue weighted by atomic mass is 9.52. The van der Waals surface area contributed by atoms with E-state index in [2.05, 4.69) is 0 Å². The third-order valence-electron chi connectivity index (χ3n) is 5.28. The Morgan fingerprint density at radius 3 is 1.42 bits per heavy atom. The fraction of sp³-hybridized carbons (Fsp3) is 0.400. The van der Waals surface area contributed by atoms with Crippen LogP contribution < -0.4 is 9.47 Å². The first kappa shape index (κ1) is 16.8. The molecule has 1 aliphatic carbocycles. The first-order valence-corrected chi connectivity index (χ1v) is 8.24. The van der Waals surface area contributed by atoms with Gasteiger partial charge in [0.1, 0.15) is 11.5 Å². The summed E-state index contributed by atoms with van der Waals surface area (Å²) in [5.74, 6) is 1.80. The summed E-state index contributed by atoms with van der Waals surface area (Å²) in [6.07, 6.45) is 0. The van der Waals surface area contributed by atoms with Crippen molar-refractivity contribution in [2.75, 3.05) is 27.4 Å². The second-order valence-electron chi connectivity index (χ2n) is 6.23. The summed E-state index contributed by atoms with van der Waals surface area (Å²) in [4.78, 5) is 0. The first-order chi connectivity index (χ1) is 11.8. The molecule has 1 aliphatic rings. The Hall–Kier alpha value is -2.04. The average Bonchev–Trinajstić information content (AvgIpc) is 2.62. The highest BCUT2D eigenvalue weighted by molar-refractivity contribution is 5.47. The van der Waals surface area contributed by atoms with Crippen LogP contribution in [-0.2, 0) is 0 Å². The van der Waals surface area contributed by atoms with Gasteiger partial charge >= 0.3 is 0 Å². The quantitative estimate of drug-likeness (QED) is 0.856. The molecule has 128 valence electrons. The zero-order valence-electron chi connectivity index (χ0n) is 14.1. The summed E-state index contributed by atoms with van der Waals surface area (Å²) in [7, 11) is 3.32. The van der Waals surface area contributed by atoms with E-state index in [0.29, 0.717) is 0 Å². The second kappa shape index (κ2) is 7.24. The molecular formula is C20H24O4. The van der Waals surface area contributed by atoms with Crippen molar-refractivity contribution in [3.8, 4) is 11.5 Å². The smallest absolute Gasteiger partial charge is 0.122 e. The Labute approximate surface area is 142 Å². The Balaban J connectivity index is 2.07. The molecule has 2 aromatic rings. The van der Waals surface area contributed by atoms with Gasteiger partial charge in [-0.1, -0.05) is 36.4 Å². The fourth-order valence-electron chi connectivity index (χ4n) is 4.15. The van der Waals surface area contributed by atoms with Crippen LogP contribution in [0.4, 0.5) is 0 Å². The van der Waals surface area contributed by atoms with Crippen molar-refractivity contribution in [3.63, 3.8) is 0 Å². The maximum absolute atomic E-state index is 9.89. The molecule has 0 radical (unpaired) electrons. The van der Waals surface area contributed by atoms with Crippen LogP contribution >= 0.6 is 0 Å². The van der Waals surface area contributed by atoms with E-state index in [-0.39, 0.29) is 36.9 Å². The third kappa shape index (κ3) is 2.66. The van der Waals surface area contributed by atoms with Gasteiger partial charge in [0.25, 0.3) is 0 Å². The monoisotopic (exact) mass is 328 g/mol. The minimum absolute atomic E-state index is 0.00112. The molecule has 1 saturated carbocycles. The van der Waals surface area contributed by atoms with E-state index in [4.69, 9.17) is 9.47 Å². The van der Waals surface area contributed by atoms with Gasteiger partial charge in [-0.15, -0.1) is 0 Å². The van der Waals surface area contributed by atoms with Gasteiger partial charge in [-0.2, -0.15) is 0 Å². The largest absolute Gasteiger partial charge is 0.496 e. The molecule has 0 aromatic heterocycles. The van der Waals surface area contributed by atoms with E-state index >= 15 is 0 Å². The summed E-state index contributed by atoms with van der Waals surface area (Å²) in [6, 6.07) is 15.8. The minimum atomic E-state index is 0.00112. The molecule has 2 aromatic carbocycles. The van der Waals surface area contributed by atoms with Crippen LogP contribution in [0.2, 0.25) is 0 Å². The zero-order chi connectivity index (χ0) is 17.1. The first-order valence-electron chi connectivity index (χ1n) is 8.24. The highest BCUT2D eigenvalue weighted by Gasteiger charge is 2.52. The fourth-order valence-corrected chi connectivity index (χ4v) is 4.15. The van der Waals surface area contributed by atoms with Gasteiger partial charge in [-0.3, -0.25) is 0 Å². The summed E-state index contributed by atoms with van der Waals surface area (Å²) in [5, 5.41) is 19.8. The number of ether oxygens (including phenoxy) is 2. The lowest BCUT2D eigenvalue weighted by molar-refractivity contribution is -0.00469. The van der Waals surface area contributed by atoms with Gasteiger partial charge in [-0.25, -0.2) is 0 Å². The van der Waals surface area contributed by atoms with Crippen LogP contribution in [0.5, 0.6) is 11.5 Å². The number of rotatable bonds is 6. The van der Waals surface area contributed by atoms with Crippen molar-refractivity contribution in [1.29, 1.82) is 0 Å².